The highest BCUT2D eigenvalue weighted by molar-refractivity contribution is 6.09. The van der Waals surface area contributed by atoms with Crippen molar-refractivity contribution in [1.82, 2.24) is 0 Å². The Kier molecular flexibility index (Phi) is 7.51. The molecule has 324 valence electrons. The van der Waals surface area contributed by atoms with Crippen LogP contribution in [0, 0.1) is 0 Å². The second-order valence-electron chi connectivity index (χ2n) is 19.4. The molecule has 0 N–H and O–H groups in total. The van der Waals surface area contributed by atoms with Crippen molar-refractivity contribution >= 4 is 39.0 Å². The molecule has 0 saturated carbocycles. The van der Waals surface area contributed by atoms with E-state index in [1.165, 1.54) is 89.0 Å². The van der Waals surface area contributed by atoms with Crippen molar-refractivity contribution in [2.24, 2.45) is 0 Å². The molecular formula is C68H41NO. The highest BCUT2D eigenvalue weighted by Crippen LogP contribution is 2.65. The molecule has 0 bridgehead atoms. The molecular weight excluding hydrogens is 847 g/mol. The third kappa shape index (κ3) is 4.68. The summed E-state index contributed by atoms with van der Waals surface area (Å²) in [5, 5.41) is 2.26. The van der Waals surface area contributed by atoms with Crippen LogP contribution in [0.25, 0.3) is 77.6 Å². The number of hydrogen-bond donors (Lipinski definition) is 0. The topological polar surface area (TPSA) is 16.4 Å². The lowest BCUT2D eigenvalue weighted by atomic mass is 9.70. The summed E-state index contributed by atoms with van der Waals surface area (Å²) >= 11 is 0. The molecule has 11 aromatic carbocycles. The summed E-state index contributed by atoms with van der Waals surface area (Å²) in [5.74, 6) is 0. The Bertz CT molecular complexity index is 3890. The molecule has 70 heavy (non-hydrogen) atoms. The van der Waals surface area contributed by atoms with Crippen molar-refractivity contribution < 1.29 is 4.42 Å². The van der Waals surface area contributed by atoms with E-state index in [-0.39, 0.29) is 0 Å². The van der Waals surface area contributed by atoms with Crippen molar-refractivity contribution in [3.63, 3.8) is 0 Å². The number of para-hydroxylation sites is 2. The fraction of sp³-hybridized carbons (Fsp3) is 0.0294. The van der Waals surface area contributed by atoms with E-state index in [1.54, 1.807) is 0 Å². The quantitative estimate of drug-likeness (QED) is 0.175. The Balaban J connectivity index is 0.947. The minimum atomic E-state index is -0.475. The van der Waals surface area contributed by atoms with Crippen molar-refractivity contribution in [3.05, 3.63) is 293 Å². The summed E-state index contributed by atoms with van der Waals surface area (Å²) in [7, 11) is 0. The van der Waals surface area contributed by atoms with Gasteiger partial charge in [0, 0.05) is 33.4 Å². The minimum Gasteiger partial charge on any atom is -0.455 e. The summed E-state index contributed by atoms with van der Waals surface area (Å²) < 4.78 is 6.57. The van der Waals surface area contributed by atoms with Crippen LogP contribution < -0.4 is 4.90 Å². The van der Waals surface area contributed by atoms with Crippen LogP contribution in [0.1, 0.15) is 44.5 Å². The van der Waals surface area contributed by atoms with E-state index in [1.807, 2.05) is 6.07 Å². The van der Waals surface area contributed by atoms with Gasteiger partial charge < -0.3 is 9.32 Å². The number of furan rings is 1. The molecule has 4 aliphatic rings. The molecule has 2 spiro atoms. The third-order valence-electron chi connectivity index (χ3n) is 16.3. The van der Waals surface area contributed by atoms with E-state index in [2.05, 4.69) is 248 Å². The van der Waals surface area contributed by atoms with Gasteiger partial charge in [-0.3, -0.25) is 0 Å². The first kappa shape index (κ1) is 38.0. The van der Waals surface area contributed by atoms with Crippen LogP contribution >= 0.6 is 0 Å². The summed E-state index contributed by atoms with van der Waals surface area (Å²) in [6.07, 6.45) is 0. The molecule has 0 aliphatic heterocycles. The molecule has 2 heteroatoms. The maximum atomic E-state index is 6.57. The molecule has 0 unspecified atom stereocenters. The van der Waals surface area contributed by atoms with E-state index in [9.17, 15) is 0 Å². The lowest BCUT2D eigenvalue weighted by molar-refractivity contribution is 0.670. The molecule has 1 heterocycles. The summed E-state index contributed by atoms with van der Waals surface area (Å²) in [6.45, 7) is 0. The summed E-state index contributed by atoms with van der Waals surface area (Å²) in [6, 6.07) is 93.0. The van der Waals surface area contributed by atoms with Crippen molar-refractivity contribution in [1.29, 1.82) is 0 Å². The van der Waals surface area contributed by atoms with E-state index in [4.69, 9.17) is 4.42 Å². The maximum Gasteiger partial charge on any atom is 0.143 e. The minimum absolute atomic E-state index is 0.475. The number of fused-ring (bicyclic) bond motifs is 23. The Morgan fingerprint density at radius 1 is 0.257 bits per heavy atom. The predicted octanol–water partition coefficient (Wildman–Crippen LogP) is 17.4. The molecule has 12 aromatic rings. The first-order chi connectivity index (χ1) is 34.7. The molecule has 4 aliphatic carbocycles. The Hall–Kier alpha value is -8.98. The van der Waals surface area contributed by atoms with Crippen LogP contribution in [-0.2, 0) is 10.8 Å². The van der Waals surface area contributed by atoms with Crippen LogP contribution in [-0.4, -0.2) is 0 Å². The molecule has 0 saturated heterocycles. The molecule has 0 fully saturated rings. The number of benzene rings is 11. The first-order valence-electron chi connectivity index (χ1n) is 24.4. The second kappa shape index (κ2) is 13.8. The van der Waals surface area contributed by atoms with Crippen LogP contribution in [0.5, 0.6) is 0 Å². The summed E-state index contributed by atoms with van der Waals surface area (Å²) in [4.78, 5) is 2.50. The van der Waals surface area contributed by atoms with Gasteiger partial charge in [0.2, 0.25) is 0 Å². The van der Waals surface area contributed by atoms with Gasteiger partial charge >= 0.3 is 0 Å². The van der Waals surface area contributed by atoms with Gasteiger partial charge in [-0.15, -0.1) is 0 Å². The Morgan fingerprint density at radius 3 is 1.04 bits per heavy atom. The fourth-order valence-corrected chi connectivity index (χ4v) is 13.7. The fourth-order valence-electron chi connectivity index (χ4n) is 13.7. The SMILES string of the molecule is c1ccc2c(c1)-c1ccccc1C21c2ccccc2-c2ccc(N(c3ccc(-c4cccc5c4oc4ccccc45)cc3)c3ccc4c(c3)C3(c5ccccc5-c5ccccc53)c3ccccc3-4)cc21. The van der Waals surface area contributed by atoms with Gasteiger partial charge in [-0.1, -0.05) is 206 Å². The van der Waals surface area contributed by atoms with Crippen LogP contribution in [0.15, 0.2) is 253 Å². The zero-order valence-corrected chi connectivity index (χ0v) is 38.0. The zero-order chi connectivity index (χ0) is 45.7. The van der Waals surface area contributed by atoms with Gasteiger partial charge in [0.05, 0.1) is 10.8 Å². The monoisotopic (exact) mass is 887 g/mol. The lowest BCUT2D eigenvalue weighted by Crippen LogP contribution is -2.26. The largest absolute Gasteiger partial charge is 0.455 e. The first-order valence-corrected chi connectivity index (χ1v) is 24.4. The van der Waals surface area contributed by atoms with Gasteiger partial charge in [0.15, 0.2) is 0 Å². The van der Waals surface area contributed by atoms with Crippen molar-refractivity contribution in [2.75, 3.05) is 4.90 Å². The zero-order valence-electron chi connectivity index (χ0n) is 38.0. The standard InChI is InChI=1S/C68H41NO/c1-8-25-57-47(16-1)48-17-2-9-26-58(48)67(57)61-29-12-5-20-51(61)53-38-36-44(40-63(53)67)69(43-34-32-42(33-35-43)46-23-15-24-56-55-22-7-14-31-65(55)70-66(46)56)45-37-39-54-52-21-6-13-30-62(52)68(64(54)41-45)59-27-10-3-18-49(59)50-19-4-11-28-60(50)68/h1-41H. The number of rotatable bonds is 4. The van der Waals surface area contributed by atoms with E-state index in [0.717, 1.165) is 50.1 Å². The van der Waals surface area contributed by atoms with Crippen LogP contribution in [0.2, 0.25) is 0 Å². The highest BCUT2D eigenvalue weighted by Gasteiger charge is 2.53. The van der Waals surface area contributed by atoms with Crippen molar-refractivity contribution in [2.45, 2.75) is 10.8 Å². The third-order valence-corrected chi connectivity index (χ3v) is 16.3. The van der Waals surface area contributed by atoms with Crippen LogP contribution in [0.3, 0.4) is 0 Å². The lowest BCUT2D eigenvalue weighted by Gasteiger charge is -2.33. The van der Waals surface area contributed by atoms with Gasteiger partial charge in [0.25, 0.3) is 0 Å². The maximum absolute atomic E-state index is 6.57. The Labute approximate surface area is 406 Å². The van der Waals surface area contributed by atoms with E-state index in [0.29, 0.717) is 0 Å². The molecule has 0 amide bonds. The second-order valence-corrected chi connectivity index (χ2v) is 19.4. The van der Waals surface area contributed by atoms with E-state index < -0.39 is 10.8 Å². The van der Waals surface area contributed by atoms with Gasteiger partial charge in [0.1, 0.15) is 11.2 Å². The summed E-state index contributed by atoms with van der Waals surface area (Å²) in [5.41, 5.74) is 27.4. The molecule has 16 rings (SSSR count). The smallest absolute Gasteiger partial charge is 0.143 e. The average Bonchev–Trinajstić information content (AvgIpc) is 4.21. The van der Waals surface area contributed by atoms with Crippen molar-refractivity contribution in [3.8, 4) is 55.6 Å². The van der Waals surface area contributed by atoms with Crippen LogP contribution in [0.4, 0.5) is 17.1 Å². The number of hydrogen-bond acceptors (Lipinski definition) is 2. The Morgan fingerprint density at radius 2 is 0.600 bits per heavy atom. The average molecular weight is 888 g/mol. The normalized spacial score (nSPS) is 14.2. The highest BCUT2D eigenvalue weighted by atomic mass is 16.3. The predicted molar refractivity (Wildman–Crippen MR) is 286 cm³/mol. The van der Waals surface area contributed by atoms with Gasteiger partial charge in [-0.25, -0.2) is 0 Å². The molecule has 0 atom stereocenters. The molecule has 0 radical (unpaired) electrons. The van der Waals surface area contributed by atoms with Gasteiger partial charge in [-0.05, 0) is 137 Å². The van der Waals surface area contributed by atoms with E-state index >= 15 is 0 Å². The molecule has 2 nitrogen and oxygen atoms in total. The number of nitrogens with zero attached hydrogens (tertiary/aromatic N) is 1. The number of anilines is 3. The molecule has 1 aromatic heterocycles. The van der Waals surface area contributed by atoms with Gasteiger partial charge in [-0.2, -0.15) is 0 Å².